The van der Waals surface area contributed by atoms with Gasteiger partial charge in [0.15, 0.2) is 0 Å². The first-order valence-electron chi connectivity index (χ1n) is 6.51. The van der Waals surface area contributed by atoms with Crippen LogP contribution >= 0.6 is 0 Å². The largest absolute Gasteiger partial charge is 0.350 e. The number of urea groups is 2. The maximum Gasteiger partial charge on any atom is 0.329 e. The number of hydrogen-bond acceptors (Lipinski definition) is 4. The maximum atomic E-state index is 10.8. The van der Waals surface area contributed by atoms with Gasteiger partial charge in [-0.15, -0.1) is 0 Å². The van der Waals surface area contributed by atoms with Crippen LogP contribution in [0.1, 0.15) is 45.4 Å². The van der Waals surface area contributed by atoms with Gasteiger partial charge in [-0.25, -0.2) is 21.3 Å². The Morgan fingerprint density at radius 1 is 0.947 bits per heavy atom. The van der Waals surface area contributed by atoms with Crippen molar-refractivity contribution in [3.05, 3.63) is 0 Å². The van der Waals surface area contributed by atoms with Gasteiger partial charge in [0, 0.05) is 12.6 Å². The molecule has 0 saturated carbocycles. The fraction of sp³-hybridized carbons (Fsp3) is 0.818. The number of nitrogens with zero attached hydrogens (tertiary/aromatic N) is 2. The van der Waals surface area contributed by atoms with Crippen molar-refractivity contribution in [1.29, 1.82) is 0 Å². The molecule has 0 spiro atoms. The van der Waals surface area contributed by atoms with Crippen LogP contribution < -0.4 is 23.2 Å². The van der Waals surface area contributed by atoms with E-state index >= 15 is 0 Å². The van der Waals surface area contributed by atoms with Crippen molar-refractivity contribution in [2.24, 2.45) is 23.2 Å². The summed E-state index contributed by atoms with van der Waals surface area (Å²) >= 11 is 0. The molecule has 0 rings (SSSR count). The third-order valence-corrected chi connectivity index (χ3v) is 3.03. The lowest BCUT2D eigenvalue weighted by atomic mass is 10.1. The minimum absolute atomic E-state index is 0.0492. The van der Waals surface area contributed by atoms with Crippen molar-refractivity contribution in [3.8, 4) is 0 Å². The molecule has 0 aromatic carbocycles. The molecular formula is C11H26N6O2. The standard InChI is InChI=1S/C11H26N6O2/c1-9(17(15)11(13)19)7-5-3-2-4-6-8-16(14)10(12)18/h9H,2-8,14-15H2,1H3,(H2,12,18)(H2,13,19). The number of hydrazine groups is 2. The van der Waals surface area contributed by atoms with Crippen LogP contribution in [0, 0.1) is 0 Å². The Labute approximate surface area is 114 Å². The molecule has 0 heterocycles. The van der Waals surface area contributed by atoms with Crippen LogP contribution in [-0.4, -0.2) is 34.7 Å². The van der Waals surface area contributed by atoms with E-state index in [4.69, 9.17) is 23.2 Å². The number of carbonyl (C=O) groups excluding carboxylic acids is 2. The average Bonchev–Trinajstić information content (AvgIpc) is 2.35. The highest BCUT2D eigenvalue weighted by Gasteiger charge is 2.12. The smallest absolute Gasteiger partial charge is 0.329 e. The lowest BCUT2D eigenvalue weighted by molar-refractivity contribution is 0.185. The number of primary amides is 2. The Morgan fingerprint density at radius 3 is 2.00 bits per heavy atom. The molecule has 112 valence electrons. The monoisotopic (exact) mass is 274 g/mol. The number of rotatable bonds is 9. The van der Waals surface area contributed by atoms with Gasteiger partial charge >= 0.3 is 12.1 Å². The summed E-state index contributed by atoms with van der Waals surface area (Å²) in [5.74, 6) is 10.8. The Bertz CT molecular complexity index is 286. The lowest BCUT2D eigenvalue weighted by Crippen LogP contribution is -2.47. The Balaban J connectivity index is 3.46. The Hall–Kier alpha value is -1.54. The summed E-state index contributed by atoms with van der Waals surface area (Å²) in [5.41, 5.74) is 10.1. The van der Waals surface area contributed by atoms with E-state index in [-0.39, 0.29) is 6.04 Å². The number of nitrogens with two attached hydrogens (primary N) is 4. The molecule has 8 nitrogen and oxygen atoms in total. The molecule has 0 radical (unpaired) electrons. The predicted octanol–water partition coefficient (Wildman–Crippen LogP) is 0.224. The van der Waals surface area contributed by atoms with Gasteiger partial charge in [-0.1, -0.05) is 25.7 Å². The van der Waals surface area contributed by atoms with E-state index in [0.717, 1.165) is 48.5 Å². The number of amides is 4. The third kappa shape index (κ3) is 8.22. The van der Waals surface area contributed by atoms with E-state index in [1.807, 2.05) is 6.92 Å². The van der Waals surface area contributed by atoms with E-state index < -0.39 is 12.1 Å². The van der Waals surface area contributed by atoms with E-state index in [2.05, 4.69) is 0 Å². The summed E-state index contributed by atoms with van der Waals surface area (Å²) in [5, 5.41) is 2.07. The second-order valence-electron chi connectivity index (χ2n) is 4.68. The highest BCUT2D eigenvalue weighted by Crippen LogP contribution is 2.09. The second kappa shape index (κ2) is 9.40. The van der Waals surface area contributed by atoms with Gasteiger partial charge in [0.1, 0.15) is 0 Å². The van der Waals surface area contributed by atoms with Gasteiger partial charge in [-0.3, -0.25) is 10.0 Å². The molecule has 0 aliphatic carbocycles. The minimum atomic E-state index is -0.609. The van der Waals surface area contributed by atoms with Gasteiger partial charge in [-0.05, 0) is 19.8 Å². The van der Waals surface area contributed by atoms with Gasteiger partial charge in [0.2, 0.25) is 0 Å². The van der Waals surface area contributed by atoms with Gasteiger partial charge in [0.25, 0.3) is 0 Å². The SMILES string of the molecule is CC(CCCCCCCN(N)C(N)=O)N(N)C(N)=O. The van der Waals surface area contributed by atoms with E-state index in [1.165, 1.54) is 0 Å². The van der Waals surface area contributed by atoms with E-state index in [0.29, 0.717) is 6.54 Å². The molecule has 0 aromatic rings. The summed E-state index contributed by atoms with van der Waals surface area (Å²) in [7, 11) is 0. The lowest BCUT2D eigenvalue weighted by Gasteiger charge is -2.21. The Morgan fingerprint density at radius 2 is 1.47 bits per heavy atom. The summed E-state index contributed by atoms with van der Waals surface area (Å²) < 4.78 is 0. The van der Waals surface area contributed by atoms with Crippen LogP contribution in [-0.2, 0) is 0 Å². The van der Waals surface area contributed by atoms with Crippen LogP contribution in [0.5, 0.6) is 0 Å². The first-order chi connectivity index (χ1) is 8.86. The van der Waals surface area contributed by atoms with Crippen LogP contribution in [0.15, 0.2) is 0 Å². The van der Waals surface area contributed by atoms with Gasteiger partial charge in [0.05, 0.1) is 0 Å². The molecular weight excluding hydrogens is 248 g/mol. The minimum Gasteiger partial charge on any atom is -0.350 e. The fourth-order valence-corrected chi connectivity index (χ4v) is 1.72. The fourth-order valence-electron chi connectivity index (χ4n) is 1.72. The Kier molecular flexibility index (Phi) is 8.64. The van der Waals surface area contributed by atoms with Crippen molar-refractivity contribution < 1.29 is 9.59 Å². The zero-order valence-corrected chi connectivity index (χ0v) is 11.5. The molecule has 0 fully saturated rings. The van der Waals surface area contributed by atoms with Crippen molar-refractivity contribution in [2.45, 2.75) is 51.5 Å². The molecule has 19 heavy (non-hydrogen) atoms. The van der Waals surface area contributed by atoms with E-state index in [1.54, 1.807) is 0 Å². The molecule has 0 aliphatic heterocycles. The van der Waals surface area contributed by atoms with Crippen LogP contribution in [0.4, 0.5) is 9.59 Å². The van der Waals surface area contributed by atoms with Crippen LogP contribution in [0.2, 0.25) is 0 Å². The molecule has 0 aliphatic rings. The molecule has 8 heteroatoms. The first-order valence-corrected chi connectivity index (χ1v) is 6.51. The maximum absolute atomic E-state index is 10.8. The second-order valence-corrected chi connectivity index (χ2v) is 4.68. The number of unbranched alkanes of at least 4 members (excludes halogenated alkanes) is 4. The zero-order valence-electron chi connectivity index (χ0n) is 11.5. The quantitative estimate of drug-likeness (QED) is 0.206. The van der Waals surface area contributed by atoms with Crippen molar-refractivity contribution in [3.63, 3.8) is 0 Å². The summed E-state index contributed by atoms with van der Waals surface area (Å²) in [4.78, 5) is 21.4. The molecule has 4 amide bonds. The van der Waals surface area contributed by atoms with Crippen molar-refractivity contribution in [2.75, 3.05) is 6.54 Å². The molecule has 8 N–H and O–H groups in total. The van der Waals surface area contributed by atoms with E-state index in [9.17, 15) is 9.59 Å². The summed E-state index contributed by atoms with van der Waals surface area (Å²) in [6, 6.07) is -1.27. The highest BCUT2D eigenvalue weighted by molar-refractivity contribution is 5.71. The molecule has 0 aromatic heterocycles. The first kappa shape index (κ1) is 17.5. The summed E-state index contributed by atoms with van der Waals surface area (Å²) in [6.07, 6.45) is 5.70. The molecule has 0 bridgehead atoms. The number of hydrogen-bond donors (Lipinski definition) is 4. The van der Waals surface area contributed by atoms with Gasteiger partial charge < -0.3 is 11.5 Å². The normalized spacial score (nSPS) is 11.9. The highest BCUT2D eigenvalue weighted by atomic mass is 16.2. The van der Waals surface area contributed by atoms with Crippen molar-refractivity contribution in [1.82, 2.24) is 10.0 Å². The molecule has 1 unspecified atom stereocenters. The number of carbonyl (C=O) groups is 2. The average molecular weight is 274 g/mol. The predicted molar refractivity (Wildman–Crippen MR) is 73.3 cm³/mol. The molecule has 1 atom stereocenters. The van der Waals surface area contributed by atoms with Gasteiger partial charge in [-0.2, -0.15) is 0 Å². The van der Waals surface area contributed by atoms with Crippen LogP contribution in [0.25, 0.3) is 0 Å². The molecule has 0 saturated heterocycles. The van der Waals surface area contributed by atoms with Crippen LogP contribution in [0.3, 0.4) is 0 Å². The summed E-state index contributed by atoms with van der Waals surface area (Å²) in [6.45, 7) is 2.34. The third-order valence-electron chi connectivity index (χ3n) is 3.03. The zero-order chi connectivity index (χ0) is 14.8. The van der Waals surface area contributed by atoms with Crippen molar-refractivity contribution >= 4 is 12.1 Å². The topological polar surface area (TPSA) is 145 Å².